The molecular weight excluding hydrogens is 264 g/mol. The molecule has 0 aliphatic carbocycles. The average molecular weight is 295 g/mol. The van der Waals surface area contributed by atoms with Crippen molar-refractivity contribution in [3.63, 3.8) is 0 Å². The van der Waals surface area contributed by atoms with E-state index < -0.39 is 14.0 Å². The summed E-state index contributed by atoms with van der Waals surface area (Å²) >= 11 is 0. The van der Waals surface area contributed by atoms with Crippen molar-refractivity contribution >= 4 is 14.0 Å². The van der Waals surface area contributed by atoms with Crippen molar-refractivity contribution in [3.8, 4) is 11.5 Å². The van der Waals surface area contributed by atoms with Crippen LogP contribution in [0, 0.1) is 17.4 Å². The van der Waals surface area contributed by atoms with Crippen molar-refractivity contribution in [3.05, 3.63) is 12.2 Å². The minimum Gasteiger partial charge on any atom is -0.478 e. The van der Waals surface area contributed by atoms with E-state index in [4.69, 9.17) is 5.11 Å². The summed E-state index contributed by atoms with van der Waals surface area (Å²) in [4.78, 5) is 10.4. The molecule has 0 saturated heterocycles. The summed E-state index contributed by atoms with van der Waals surface area (Å²) in [5.41, 5.74) is 5.58. The lowest BCUT2D eigenvalue weighted by atomic mass is 10.1. The van der Waals surface area contributed by atoms with E-state index >= 15 is 0 Å². The molecule has 1 unspecified atom stereocenters. The van der Waals surface area contributed by atoms with E-state index in [1.54, 1.807) is 6.08 Å². The summed E-state index contributed by atoms with van der Waals surface area (Å²) < 4.78 is 0. The van der Waals surface area contributed by atoms with Gasteiger partial charge in [-0.3, -0.25) is 0 Å². The second kappa shape index (κ2) is 8.31. The fourth-order valence-corrected chi connectivity index (χ4v) is 8.48. The van der Waals surface area contributed by atoms with Crippen molar-refractivity contribution in [2.45, 2.75) is 71.5 Å². The SMILES string of the molecule is CC(C#C[Si](C(C)C)(C(C)C)C(C)C)CC=CC(=O)O. The Morgan fingerprint density at radius 3 is 1.85 bits per heavy atom. The van der Waals surface area contributed by atoms with Crippen LogP contribution in [0.1, 0.15) is 54.9 Å². The molecule has 0 bridgehead atoms. The van der Waals surface area contributed by atoms with Gasteiger partial charge in [0.1, 0.15) is 8.07 Å². The standard InChI is InChI=1S/C17H30O2Si/c1-13(2)20(14(3)4,15(5)6)12-11-16(7)9-8-10-17(18)19/h8,10,13-16H,9H2,1-7H3,(H,18,19). The Morgan fingerprint density at radius 2 is 1.50 bits per heavy atom. The van der Waals surface area contributed by atoms with Gasteiger partial charge in [0.25, 0.3) is 0 Å². The van der Waals surface area contributed by atoms with E-state index in [0.29, 0.717) is 23.0 Å². The number of aliphatic carboxylic acids is 1. The zero-order valence-corrected chi connectivity index (χ0v) is 15.0. The Balaban J connectivity index is 5.10. The molecule has 0 rings (SSSR count). The van der Waals surface area contributed by atoms with Gasteiger partial charge in [-0.15, -0.1) is 11.5 Å². The lowest BCUT2D eigenvalue weighted by Crippen LogP contribution is -2.43. The van der Waals surface area contributed by atoms with Crippen LogP contribution in [0.4, 0.5) is 0 Å². The highest BCUT2D eigenvalue weighted by atomic mass is 28.3. The average Bonchev–Trinajstić information content (AvgIpc) is 2.27. The predicted octanol–water partition coefficient (Wildman–Crippen LogP) is 4.87. The third-order valence-electron chi connectivity index (χ3n) is 4.15. The molecule has 0 heterocycles. The van der Waals surface area contributed by atoms with Gasteiger partial charge in [0, 0.05) is 12.0 Å². The maximum Gasteiger partial charge on any atom is 0.327 e. The van der Waals surface area contributed by atoms with Crippen molar-refractivity contribution in [2.24, 2.45) is 5.92 Å². The first-order valence-electron chi connectivity index (χ1n) is 7.56. The van der Waals surface area contributed by atoms with E-state index in [2.05, 4.69) is 59.9 Å². The van der Waals surface area contributed by atoms with Gasteiger partial charge in [0.05, 0.1) is 0 Å². The largest absolute Gasteiger partial charge is 0.478 e. The molecular formula is C17H30O2Si. The lowest BCUT2D eigenvalue weighted by molar-refractivity contribution is -0.131. The molecule has 0 saturated carbocycles. The van der Waals surface area contributed by atoms with Crippen LogP contribution >= 0.6 is 0 Å². The quantitative estimate of drug-likeness (QED) is 0.431. The fourth-order valence-electron chi connectivity index (χ4n) is 3.11. The van der Waals surface area contributed by atoms with Gasteiger partial charge in [-0.25, -0.2) is 4.79 Å². The number of hydrogen-bond acceptors (Lipinski definition) is 1. The first kappa shape index (κ1) is 19.0. The maximum absolute atomic E-state index is 10.4. The molecule has 0 fully saturated rings. The van der Waals surface area contributed by atoms with Crippen LogP contribution in [0.3, 0.4) is 0 Å². The van der Waals surface area contributed by atoms with Crippen molar-refractivity contribution in [1.82, 2.24) is 0 Å². The third kappa shape index (κ3) is 5.17. The molecule has 0 aromatic carbocycles. The number of carboxylic acids is 1. The number of allylic oxidation sites excluding steroid dienone is 1. The van der Waals surface area contributed by atoms with Gasteiger partial charge in [0.15, 0.2) is 0 Å². The summed E-state index contributed by atoms with van der Waals surface area (Å²) in [5.74, 6) is 2.74. The smallest absolute Gasteiger partial charge is 0.327 e. The van der Waals surface area contributed by atoms with Gasteiger partial charge in [0.2, 0.25) is 0 Å². The van der Waals surface area contributed by atoms with E-state index in [1.807, 2.05) is 0 Å². The summed E-state index contributed by atoms with van der Waals surface area (Å²) in [7, 11) is -1.65. The molecule has 0 aromatic heterocycles. The summed E-state index contributed by atoms with van der Waals surface area (Å²) in [6.07, 6.45) is 3.61. The molecule has 114 valence electrons. The van der Waals surface area contributed by atoms with Crippen LogP contribution in [0.25, 0.3) is 0 Å². The molecule has 0 aliphatic heterocycles. The molecule has 20 heavy (non-hydrogen) atoms. The van der Waals surface area contributed by atoms with Gasteiger partial charge in [-0.2, -0.15) is 0 Å². The molecule has 1 atom stereocenters. The van der Waals surface area contributed by atoms with Crippen molar-refractivity contribution in [1.29, 1.82) is 0 Å². The van der Waals surface area contributed by atoms with Gasteiger partial charge in [-0.05, 0) is 23.0 Å². The summed E-state index contributed by atoms with van der Waals surface area (Å²) in [5, 5.41) is 8.59. The second-order valence-electron chi connectivity index (χ2n) is 6.54. The van der Waals surface area contributed by atoms with Crippen molar-refractivity contribution < 1.29 is 9.90 Å². The Morgan fingerprint density at radius 1 is 1.05 bits per heavy atom. The number of carboxylic acid groups (broad SMARTS) is 1. The van der Waals surface area contributed by atoms with Gasteiger partial charge >= 0.3 is 5.97 Å². The highest BCUT2D eigenvalue weighted by Gasteiger charge is 2.41. The Bertz CT molecular complexity index is 375. The van der Waals surface area contributed by atoms with Crippen LogP contribution in [-0.4, -0.2) is 19.1 Å². The first-order valence-corrected chi connectivity index (χ1v) is 9.79. The molecule has 2 nitrogen and oxygen atoms in total. The predicted molar refractivity (Wildman–Crippen MR) is 89.4 cm³/mol. The minimum absolute atomic E-state index is 0.216. The molecule has 0 aromatic rings. The zero-order chi connectivity index (χ0) is 15.9. The normalized spacial score (nSPS) is 13.9. The van der Waals surface area contributed by atoms with Gasteiger partial charge < -0.3 is 5.11 Å². The molecule has 0 amide bonds. The van der Waals surface area contributed by atoms with E-state index in [1.165, 1.54) is 6.08 Å². The minimum atomic E-state index is -1.65. The highest BCUT2D eigenvalue weighted by molar-refractivity contribution is 6.90. The van der Waals surface area contributed by atoms with Crippen LogP contribution in [0.5, 0.6) is 0 Å². The van der Waals surface area contributed by atoms with Crippen LogP contribution < -0.4 is 0 Å². The molecule has 3 heteroatoms. The highest BCUT2D eigenvalue weighted by Crippen LogP contribution is 2.40. The molecule has 0 spiro atoms. The van der Waals surface area contributed by atoms with E-state index in [9.17, 15) is 4.79 Å². The summed E-state index contributed by atoms with van der Waals surface area (Å²) in [6.45, 7) is 15.9. The molecule has 1 N–H and O–H groups in total. The summed E-state index contributed by atoms with van der Waals surface area (Å²) in [6, 6.07) is 0. The van der Waals surface area contributed by atoms with Crippen LogP contribution in [0.15, 0.2) is 12.2 Å². The monoisotopic (exact) mass is 294 g/mol. The molecule has 0 radical (unpaired) electrons. The lowest BCUT2D eigenvalue weighted by Gasteiger charge is -2.38. The Hall–Kier alpha value is -1.01. The maximum atomic E-state index is 10.4. The van der Waals surface area contributed by atoms with Crippen LogP contribution in [-0.2, 0) is 4.79 Å². The Labute approximate surface area is 125 Å². The van der Waals surface area contributed by atoms with E-state index in [-0.39, 0.29) is 5.92 Å². The topological polar surface area (TPSA) is 37.3 Å². The number of rotatable bonds is 6. The number of hydrogen-bond donors (Lipinski definition) is 1. The van der Waals surface area contributed by atoms with E-state index in [0.717, 1.165) is 0 Å². The first-order chi connectivity index (χ1) is 9.14. The van der Waals surface area contributed by atoms with Crippen LogP contribution in [0.2, 0.25) is 16.6 Å². The zero-order valence-electron chi connectivity index (χ0n) is 14.0. The Kier molecular flexibility index (Phi) is 7.89. The second-order valence-corrected chi connectivity index (χ2v) is 12.1. The third-order valence-corrected chi connectivity index (χ3v) is 10.5. The number of carbonyl (C=O) groups is 1. The van der Waals surface area contributed by atoms with Gasteiger partial charge in [-0.1, -0.05) is 54.5 Å². The molecule has 0 aliphatic rings. The fraction of sp³-hybridized carbons (Fsp3) is 0.706. The van der Waals surface area contributed by atoms with Crippen molar-refractivity contribution in [2.75, 3.05) is 0 Å².